The summed E-state index contributed by atoms with van der Waals surface area (Å²) in [5, 5.41) is 8.76. The van der Waals surface area contributed by atoms with Gasteiger partial charge < -0.3 is 15.5 Å². The number of carbonyl (C=O) groups is 1. The van der Waals surface area contributed by atoms with Gasteiger partial charge in [0, 0.05) is 31.7 Å². The molecular formula is C20H21N3O. The summed E-state index contributed by atoms with van der Waals surface area (Å²) in [6, 6.07) is 14.5. The zero-order chi connectivity index (χ0) is 16.4. The minimum absolute atomic E-state index is 0.0150. The molecule has 4 heteroatoms. The fourth-order valence-corrected chi connectivity index (χ4v) is 3.08. The molecule has 1 saturated heterocycles. The summed E-state index contributed by atoms with van der Waals surface area (Å²) in [7, 11) is 0. The van der Waals surface area contributed by atoms with Crippen LogP contribution in [0, 0.1) is 11.8 Å². The summed E-state index contributed by atoms with van der Waals surface area (Å²) in [6.07, 6.45) is 1.87. The number of amides is 2. The summed E-state index contributed by atoms with van der Waals surface area (Å²) in [4.78, 5) is 14.3. The number of carbonyl (C=O) groups excluding carboxylic acids is 1. The average molecular weight is 319 g/mol. The van der Waals surface area contributed by atoms with Crippen molar-refractivity contribution in [1.82, 2.24) is 15.5 Å². The second-order valence-electron chi connectivity index (χ2n) is 6.53. The van der Waals surface area contributed by atoms with E-state index >= 15 is 0 Å². The standard InChI is InChI=1S/C20H21N3O/c24-19(23-14-12-21-13-15-23)22-20(10-11-20)9-8-17-6-3-5-16-4-1-2-7-18(16)17/h1-7,21H,10-15H2,(H,22,24). The zero-order valence-electron chi connectivity index (χ0n) is 13.6. The van der Waals surface area contributed by atoms with E-state index in [-0.39, 0.29) is 11.6 Å². The first-order valence-corrected chi connectivity index (χ1v) is 8.55. The van der Waals surface area contributed by atoms with Gasteiger partial charge in [0.2, 0.25) is 0 Å². The van der Waals surface area contributed by atoms with Gasteiger partial charge in [-0.1, -0.05) is 48.2 Å². The maximum absolute atomic E-state index is 12.4. The van der Waals surface area contributed by atoms with Gasteiger partial charge in [-0.05, 0) is 29.7 Å². The minimum atomic E-state index is -0.334. The van der Waals surface area contributed by atoms with E-state index in [4.69, 9.17) is 0 Å². The molecule has 0 atom stereocenters. The normalized spacial score (nSPS) is 18.6. The molecule has 1 aliphatic heterocycles. The Labute approximate surface area is 142 Å². The Bertz CT molecular complexity index is 818. The Kier molecular flexibility index (Phi) is 3.87. The van der Waals surface area contributed by atoms with Gasteiger partial charge in [0.1, 0.15) is 5.54 Å². The summed E-state index contributed by atoms with van der Waals surface area (Å²) in [5.74, 6) is 6.63. The highest BCUT2D eigenvalue weighted by Gasteiger charge is 2.43. The van der Waals surface area contributed by atoms with Crippen LogP contribution in [-0.4, -0.2) is 42.6 Å². The molecule has 0 radical (unpaired) electrons. The van der Waals surface area contributed by atoms with E-state index in [0.717, 1.165) is 50.0 Å². The third-order valence-electron chi connectivity index (χ3n) is 4.73. The van der Waals surface area contributed by atoms with Crippen LogP contribution in [0.25, 0.3) is 10.8 Å². The van der Waals surface area contributed by atoms with E-state index in [1.54, 1.807) is 0 Å². The molecule has 0 spiro atoms. The topological polar surface area (TPSA) is 44.4 Å². The fraction of sp³-hybridized carbons (Fsp3) is 0.350. The molecule has 122 valence electrons. The van der Waals surface area contributed by atoms with Crippen molar-refractivity contribution in [2.45, 2.75) is 18.4 Å². The lowest BCUT2D eigenvalue weighted by atomic mass is 10.0. The van der Waals surface area contributed by atoms with E-state index in [9.17, 15) is 4.79 Å². The summed E-state index contributed by atoms with van der Waals surface area (Å²) < 4.78 is 0. The van der Waals surface area contributed by atoms with Gasteiger partial charge in [0.05, 0.1) is 0 Å². The predicted molar refractivity (Wildman–Crippen MR) is 95.8 cm³/mol. The van der Waals surface area contributed by atoms with Crippen LogP contribution in [0.1, 0.15) is 18.4 Å². The Morgan fingerprint density at radius 1 is 1.08 bits per heavy atom. The SMILES string of the molecule is O=C(NC1(C#Cc2cccc3ccccc23)CC1)N1CCNCC1. The van der Waals surface area contributed by atoms with Crippen molar-refractivity contribution in [1.29, 1.82) is 0 Å². The van der Waals surface area contributed by atoms with Crippen molar-refractivity contribution < 1.29 is 4.79 Å². The van der Waals surface area contributed by atoms with Gasteiger partial charge in [0.15, 0.2) is 0 Å². The highest BCUT2D eigenvalue weighted by Crippen LogP contribution is 2.35. The molecule has 1 heterocycles. The highest BCUT2D eigenvalue weighted by molar-refractivity contribution is 5.88. The minimum Gasteiger partial charge on any atom is -0.322 e. The zero-order valence-corrected chi connectivity index (χ0v) is 13.6. The third kappa shape index (κ3) is 3.08. The molecule has 2 fully saturated rings. The lowest BCUT2D eigenvalue weighted by Gasteiger charge is -2.28. The number of benzene rings is 2. The molecule has 1 aliphatic carbocycles. The second-order valence-corrected chi connectivity index (χ2v) is 6.53. The number of nitrogens with zero attached hydrogens (tertiary/aromatic N) is 1. The van der Waals surface area contributed by atoms with Gasteiger partial charge in [-0.2, -0.15) is 0 Å². The number of hydrogen-bond donors (Lipinski definition) is 2. The first-order valence-electron chi connectivity index (χ1n) is 8.55. The number of urea groups is 1. The predicted octanol–water partition coefficient (Wildman–Crippen LogP) is 2.34. The van der Waals surface area contributed by atoms with Crippen LogP contribution >= 0.6 is 0 Å². The first-order chi connectivity index (χ1) is 11.8. The Balaban J connectivity index is 1.52. The molecule has 24 heavy (non-hydrogen) atoms. The highest BCUT2D eigenvalue weighted by atomic mass is 16.2. The van der Waals surface area contributed by atoms with Gasteiger partial charge >= 0.3 is 6.03 Å². The van der Waals surface area contributed by atoms with Crippen molar-refractivity contribution in [3.63, 3.8) is 0 Å². The molecule has 2 aliphatic rings. The Hall–Kier alpha value is -2.51. The first kappa shape index (κ1) is 15.0. The monoisotopic (exact) mass is 319 g/mol. The molecule has 4 nitrogen and oxygen atoms in total. The van der Waals surface area contributed by atoms with Gasteiger partial charge in [-0.15, -0.1) is 0 Å². The lowest BCUT2D eigenvalue weighted by Crippen LogP contribution is -2.52. The molecule has 2 N–H and O–H groups in total. The van der Waals surface area contributed by atoms with Crippen LogP contribution in [0.15, 0.2) is 42.5 Å². The molecule has 2 aromatic rings. The number of fused-ring (bicyclic) bond motifs is 1. The smallest absolute Gasteiger partial charge is 0.318 e. The summed E-state index contributed by atoms with van der Waals surface area (Å²) in [6.45, 7) is 3.25. The van der Waals surface area contributed by atoms with Gasteiger partial charge in [-0.3, -0.25) is 0 Å². The molecule has 2 aromatic carbocycles. The molecule has 0 bridgehead atoms. The maximum atomic E-state index is 12.4. The van der Waals surface area contributed by atoms with Crippen LogP contribution in [0.2, 0.25) is 0 Å². The van der Waals surface area contributed by atoms with Crippen LogP contribution in [0.3, 0.4) is 0 Å². The Morgan fingerprint density at radius 3 is 2.62 bits per heavy atom. The molecule has 1 saturated carbocycles. The largest absolute Gasteiger partial charge is 0.322 e. The maximum Gasteiger partial charge on any atom is 0.318 e. The third-order valence-corrected chi connectivity index (χ3v) is 4.73. The number of rotatable bonds is 1. The molecule has 2 amide bonds. The van der Waals surface area contributed by atoms with Crippen molar-refractivity contribution in [3.8, 4) is 11.8 Å². The number of piperazine rings is 1. The van der Waals surface area contributed by atoms with Crippen LogP contribution in [0.4, 0.5) is 4.79 Å². The van der Waals surface area contributed by atoms with E-state index in [1.165, 1.54) is 5.39 Å². The quantitative estimate of drug-likeness (QED) is 0.793. The van der Waals surface area contributed by atoms with E-state index in [0.29, 0.717) is 0 Å². The summed E-state index contributed by atoms with van der Waals surface area (Å²) in [5.41, 5.74) is 0.689. The number of hydrogen-bond acceptors (Lipinski definition) is 2. The van der Waals surface area contributed by atoms with E-state index < -0.39 is 0 Å². The lowest BCUT2D eigenvalue weighted by molar-refractivity contribution is 0.187. The van der Waals surface area contributed by atoms with Gasteiger partial charge in [0.25, 0.3) is 0 Å². The van der Waals surface area contributed by atoms with Crippen molar-refractivity contribution in [2.24, 2.45) is 0 Å². The Morgan fingerprint density at radius 2 is 1.83 bits per heavy atom. The molecular weight excluding hydrogens is 298 g/mol. The second kappa shape index (κ2) is 6.18. The van der Waals surface area contributed by atoms with Crippen molar-refractivity contribution >= 4 is 16.8 Å². The van der Waals surface area contributed by atoms with Crippen LogP contribution < -0.4 is 10.6 Å². The van der Waals surface area contributed by atoms with E-state index in [2.05, 4.69) is 40.7 Å². The van der Waals surface area contributed by atoms with Gasteiger partial charge in [-0.25, -0.2) is 4.79 Å². The van der Waals surface area contributed by atoms with E-state index in [1.807, 2.05) is 29.2 Å². The van der Waals surface area contributed by atoms with Crippen molar-refractivity contribution in [2.75, 3.05) is 26.2 Å². The van der Waals surface area contributed by atoms with Crippen molar-refractivity contribution in [3.05, 3.63) is 48.0 Å². The van der Waals surface area contributed by atoms with Crippen LogP contribution in [-0.2, 0) is 0 Å². The fourth-order valence-electron chi connectivity index (χ4n) is 3.08. The van der Waals surface area contributed by atoms with Crippen LogP contribution in [0.5, 0.6) is 0 Å². The summed E-state index contributed by atoms with van der Waals surface area (Å²) >= 11 is 0. The molecule has 0 unspecified atom stereocenters. The molecule has 0 aromatic heterocycles. The number of nitrogens with one attached hydrogen (secondary N) is 2. The average Bonchev–Trinajstić information content (AvgIpc) is 3.40. The molecule has 4 rings (SSSR count).